The number of nitrogens with zero attached hydrogens (tertiary/aromatic N) is 1. The molecule has 0 bridgehead atoms. The van der Waals surface area contributed by atoms with Gasteiger partial charge in [0.15, 0.2) is 0 Å². The predicted molar refractivity (Wildman–Crippen MR) is 39.9 cm³/mol. The summed E-state index contributed by atoms with van der Waals surface area (Å²) >= 11 is 0. The van der Waals surface area contributed by atoms with E-state index in [1.54, 1.807) is 0 Å². The normalized spacial score (nSPS) is 30.8. The molecule has 0 amide bonds. The average molecular weight is 163 g/mol. The van der Waals surface area contributed by atoms with E-state index in [1.165, 1.54) is 0 Å². The summed E-state index contributed by atoms with van der Waals surface area (Å²) in [5, 5.41) is 20.4. The second-order valence-corrected chi connectivity index (χ2v) is 2.48. The number of nitrogens with one attached hydrogen (secondary N) is 1. The Hall–Kier alpha value is -0.300. The van der Waals surface area contributed by atoms with Gasteiger partial charge in [-0.2, -0.15) is 5.26 Å². The minimum absolute atomic E-state index is 0. The molecule has 0 aromatic rings. The fourth-order valence-corrected chi connectivity index (χ4v) is 1.01. The Morgan fingerprint density at radius 3 is 2.60 bits per heavy atom. The quantitative estimate of drug-likeness (QED) is 0.567. The number of hydrogen-bond donors (Lipinski definition) is 2. The average Bonchev–Trinajstić information content (AvgIpc) is 2.36. The van der Waals surface area contributed by atoms with E-state index in [9.17, 15) is 0 Å². The van der Waals surface area contributed by atoms with Crippen LogP contribution in [0.2, 0.25) is 0 Å². The molecule has 1 rings (SSSR count). The van der Waals surface area contributed by atoms with E-state index in [0.29, 0.717) is 6.54 Å². The van der Waals surface area contributed by atoms with E-state index in [0.717, 1.165) is 13.0 Å². The van der Waals surface area contributed by atoms with Gasteiger partial charge in [0.1, 0.15) is 0 Å². The first-order valence-electron chi connectivity index (χ1n) is 3.06. The molecule has 58 valence electrons. The third-order valence-electron chi connectivity index (χ3n) is 1.78. The first kappa shape index (κ1) is 9.70. The van der Waals surface area contributed by atoms with Gasteiger partial charge in [0.05, 0.1) is 18.1 Å². The summed E-state index contributed by atoms with van der Waals surface area (Å²) in [6, 6.07) is 2.11. The summed E-state index contributed by atoms with van der Waals surface area (Å²) in [6.45, 7) is 1.48. The molecule has 0 aromatic heterocycles. The lowest BCUT2D eigenvalue weighted by molar-refractivity contribution is 0.191. The molecule has 10 heavy (non-hydrogen) atoms. The van der Waals surface area contributed by atoms with Crippen LogP contribution < -0.4 is 5.32 Å². The van der Waals surface area contributed by atoms with Gasteiger partial charge in [0.2, 0.25) is 0 Å². The van der Waals surface area contributed by atoms with E-state index in [4.69, 9.17) is 10.4 Å². The summed E-state index contributed by atoms with van der Waals surface area (Å²) < 4.78 is 0. The molecule has 3 nitrogen and oxygen atoms in total. The Balaban J connectivity index is 0.000000810. The number of nitriles is 1. The number of aliphatic hydroxyl groups excluding tert-OH is 1. The smallest absolute Gasteiger partial charge is 0.0939 e. The molecule has 1 aliphatic heterocycles. The SMILES string of the molecule is Cl.N#CC1(CO)CCNC1. The molecule has 2 N–H and O–H groups in total. The second-order valence-electron chi connectivity index (χ2n) is 2.48. The molecule has 1 heterocycles. The molecule has 0 saturated carbocycles. The summed E-state index contributed by atoms with van der Waals surface area (Å²) in [5.74, 6) is 0. The minimum atomic E-state index is -0.472. The first-order chi connectivity index (χ1) is 4.33. The lowest BCUT2D eigenvalue weighted by atomic mass is 9.91. The van der Waals surface area contributed by atoms with Gasteiger partial charge in [-0.15, -0.1) is 12.4 Å². The Bertz CT molecular complexity index is 137. The maximum absolute atomic E-state index is 8.75. The maximum atomic E-state index is 8.75. The highest BCUT2D eigenvalue weighted by Crippen LogP contribution is 2.22. The van der Waals surface area contributed by atoms with Gasteiger partial charge in [-0.05, 0) is 13.0 Å². The molecule has 0 aromatic carbocycles. The van der Waals surface area contributed by atoms with Crippen molar-refractivity contribution < 1.29 is 5.11 Å². The molecular formula is C6H11ClN2O. The van der Waals surface area contributed by atoms with Crippen molar-refractivity contribution in [3.05, 3.63) is 0 Å². The van der Waals surface area contributed by atoms with Crippen molar-refractivity contribution in [2.24, 2.45) is 5.41 Å². The van der Waals surface area contributed by atoms with Crippen molar-refractivity contribution in [1.29, 1.82) is 5.26 Å². The Kier molecular flexibility index (Phi) is 3.66. The van der Waals surface area contributed by atoms with Gasteiger partial charge >= 0.3 is 0 Å². The van der Waals surface area contributed by atoms with E-state index in [1.807, 2.05) is 0 Å². The molecule has 1 unspecified atom stereocenters. The third-order valence-corrected chi connectivity index (χ3v) is 1.78. The predicted octanol–water partition coefficient (Wildman–Crippen LogP) is -0.0962. The van der Waals surface area contributed by atoms with E-state index >= 15 is 0 Å². The number of rotatable bonds is 1. The molecule has 0 aliphatic carbocycles. The van der Waals surface area contributed by atoms with Crippen molar-refractivity contribution in [1.82, 2.24) is 5.32 Å². The summed E-state index contributed by atoms with van der Waals surface area (Å²) in [4.78, 5) is 0. The summed E-state index contributed by atoms with van der Waals surface area (Å²) in [5.41, 5.74) is -0.472. The topological polar surface area (TPSA) is 56.0 Å². The van der Waals surface area contributed by atoms with Crippen LogP contribution in [0.3, 0.4) is 0 Å². The van der Waals surface area contributed by atoms with Crippen LogP contribution >= 0.6 is 12.4 Å². The fraction of sp³-hybridized carbons (Fsp3) is 0.833. The van der Waals surface area contributed by atoms with Crippen LogP contribution in [-0.2, 0) is 0 Å². The largest absolute Gasteiger partial charge is 0.395 e. The minimum Gasteiger partial charge on any atom is -0.395 e. The van der Waals surface area contributed by atoms with Gasteiger partial charge < -0.3 is 10.4 Å². The van der Waals surface area contributed by atoms with Gasteiger partial charge in [-0.3, -0.25) is 0 Å². The van der Waals surface area contributed by atoms with Crippen LogP contribution in [0.25, 0.3) is 0 Å². The van der Waals surface area contributed by atoms with E-state index < -0.39 is 5.41 Å². The van der Waals surface area contributed by atoms with E-state index in [2.05, 4.69) is 11.4 Å². The number of hydrogen-bond acceptors (Lipinski definition) is 3. The zero-order valence-electron chi connectivity index (χ0n) is 5.63. The molecule has 1 aliphatic rings. The Morgan fingerprint density at radius 2 is 2.40 bits per heavy atom. The van der Waals surface area contributed by atoms with Crippen LogP contribution in [0.15, 0.2) is 0 Å². The van der Waals surface area contributed by atoms with Crippen molar-refractivity contribution in [3.63, 3.8) is 0 Å². The maximum Gasteiger partial charge on any atom is 0.0939 e. The van der Waals surface area contributed by atoms with Gasteiger partial charge in [0, 0.05) is 6.54 Å². The summed E-state index contributed by atoms with van der Waals surface area (Å²) in [6.07, 6.45) is 0.778. The third kappa shape index (κ3) is 1.60. The van der Waals surface area contributed by atoms with Crippen molar-refractivity contribution >= 4 is 12.4 Å². The van der Waals surface area contributed by atoms with Crippen LogP contribution in [-0.4, -0.2) is 24.8 Å². The van der Waals surface area contributed by atoms with Crippen molar-refractivity contribution in [2.75, 3.05) is 19.7 Å². The van der Waals surface area contributed by atoms with Crippen LogP contribution in [0.4, 0.5) is 0 Å². The number of halogens is 1. The van der Waals surface area contributed by atoms with Crippen LogP contribution in [0, 0.1) is 16.7 Å². The molecule has 1 fully saturated rings. The van der Waals surface area contributed by atoms with Crippen LogP contribution in [0.5, 0.6) is 0 Å². The highest BCUT2D eigenvalue weighted by molar-refractivity contribution is 5.85. The standard InChI is InChI=1S/C6H10N2O.ClH/c7-3-6(5-9)1-2-8-4-6;/h8-9H,1-2,4-5H2;1H. The molecule has 1 atom stereocenters. The summed E-state index contributed by atoms with van der Waals surface area (Å²) in [7, 11) is 0. The van der Waals surface area contributed by atoms with Gasteiger partial charge in [0.25, 0.3) is 0 Å². The molecule has 1 saturated heterocycles. The first-order valence-corrected chi connectivity index (χ1v) is 3.06. The second kappa shape index (κ2) is 3.77. The highest BCUT2D eigenvalue weighted by Gasteiger charge is 2.32. The lowest BCUT2D eigenvalue weighted by Crippen LogP contribution is -2.25. The lowest BCUT2D eigenvalue weighted by Gasteiger charge is -2.13. The molecule has 0 spiro atoms. The Morgan fingerprint density at radius 1 is 1.70 bits per heavy atom. The van der Waals surface area contributed by atoms with Crippen molar-refractivity contribution in [3.8, 4) is 6.07 Å². The van der Waals surface area contributed by atoms with Gasteiger partial charge in [-0.1, -0.05) is 0 Å². The molecule has 4 heteroatoms. The van der Waals surface area contributed by atoms with Gasteiger partial charge in [-0.25, -0.2) is 0 Å². The van der Waals surface area contributed by atoms with E-state index in [-0.39, 0.29) is 19.0 Å². The van der Waals surface area contributed by atoms with Crippen LogP contribution in [0.1, 0.15) is 6.42 Å². The monoisotopic (exact) mass is 162 g/mol. The number of aliphatic hydroxyl groups is 1. The zero-order valence-corrected chi connectivity index (χ0v) is 6.45. The molecular weight excluding hydrogens is 152 g/mol. The molecule has 0 radical (unpaired) electrons. The zero-order chi connectivity index (χ0) is 6.74. The van der Waals surface area contributed by atoms with Crippen molar-refractivity contribution in [2.45, 2.75) is 6.42 Å². The highest BCUT2D eigenvalue weighted by atomic mass is 35.5. The Labute approximate surface area is 66.4 Å². The fourth-order valence-electron chi connectivity index (χ4n) is 1.01.